The Morgan fingerprint density at radius 3 is 2.58 bits per heavy atom. The Hall–Kier alpha value is -2.96. The van der Waals surface area contributed by atoms with Crippen LogP contribution in [0.4, 0.5) is 11.9 Å². The second-order valence-corrected chi connectivity index (χ2v) is 3.86. The van der Waals surface area contributed by atoms with Crippen molar-refractivity contribution in [2.45, 2.75) is 0 Å². The molecule has 0 atom stereocenters. The van der Waals surface area contributed by atoms with Crippen LogP contribution in [0.25, 0.3) is 17.8 Å². The summed E-state index contributed by atoms with van der Waals surface area (Å²) in [6, 6.07) is 5.80. The third-order valence-electron chi connectivity index (χ3n) is 2.54. The Morgan fingerprint density at radius 1 is 1.00 bits per heavy atom. The van der Waals surface area contributed by atoms with Gasteiger partial charge in [0.25, 0.3) is 0 Å². The monoisotopic (exact) mass is 253 g/mol. The standard InChI is InChI=1S/C12H11N7/c13-11-16-9(17-12(14)18-11)5-4-8-7-15-10-3-1-2-6-19(8)10/h1-7H,(H4,13,14,16,17,18). The summed E-state index contributed by atoms with van der Waals surface area (Å²) < 4.78 is 1.95. The highest BCUT2D eigenvalue weighted by atomic mass is 15.1. The van der Waals surface area contributed by atoms with Gasteiger partial charge in [0.1, 0.15) is 5.65 Å². The quantitative estimate of drug-likeness (QED) is 0.701. The highest BCUT2D eigenvalue weighted by Gasteiger charge is 2.00. The van der Waals surface area contributed by atoms with E-state index in [1.54, 1.807) is 12.3 Å². The van der Waals surface area contributed by atoms with Crippen LogP contribution >= 0.6 is 0 Å². The van der Waals surface area contributed by atoms with Crippen molar-refractivity contribution in [3.05, 3.63) is 42.1 Å². The molecule has 0 bridgehead atoms. The van der Waals surface area contributed by atoms with Crippen molar-refractivity contribution in [1.82, 2.24) is 24.3 Å². The zero-order chi connectivity index (χ0) is 13.2. The molecule has 4 N–H and O–H groups in total. The molecule has 94 valence electrons. The third kappa shape index (κ3) is 2.21. The molecule has 7 nitrogen and oxygen atoms in total. The maximum absolute atomic E-state index is 5.51. The Balaban J connectivity index is 1.98. The number of nitrogens with two attached hydrogens (primary N) is 2. The van der Waals surface area contributed by atoms with E-state index < -0.39 is 0 Å². The topological polar surface area (TPSA) is 108 Å². The lowest BCUT2D eigenvalue weighted by Gasteiger charge is -1.97. The molecule has 0 unspecified atom stereocenters. The summed E-state index contributed by atoms with van der Waals surface area (Å²) in [6.45, 7) is 0. The maximum Gasteiger partial charge on any atom is 0.225 e. The van der Waals surface area contributed by atoms with Crippen molar-refractivity contribution < 1.29 is 0 Å². The molecule has 0 fully saturated rings. The highest BCUT2D eigenvalue weighted by molar-refractivity contribution is 5.67. The van der Waals surface area contributed by atoms with Gasteiger partial charge in [-0.1, -0.05) is 6.07 Å². The van der Waals surface area contributed by atoms with Crippen LogP contribution in [0.2, 0.25) is 0 Å². The average molecular weight is 253 g/mol. The second-order valence-electron chi connectivity index (χ2n) is 3.86. The van der Waals surface area contributed by atoms with Crippen molar-refractivity contribution >= 4 is 29.7 Å². The molecule has 0 spiro atoms. The van der Waals surface area contributed by atoms with E-state index in [1.165, 1.54) is 0 Å². The number of hydrogen-bond acceptors (Lipinski definition) is 6. The lowest BCUT2D eigenvalue weighted by molar-refractivity contribution is 1.06. The first-order valence-electron chi connectivity index (χ1n) is 5.59. The lowest BCUT2D eigenvalue weighted by Crippen LogP contribution is -2.04. The van der Waals surface area contributed by atoms with Crippen LogP contribution < -0.4 is 11.5 Å². The Bertz CT molecular complexity index is 739. The molecule has 0 saturated carbocycles. The number of pyridine rings is 1. The number of fused-ring (bicyclic) bond motifs is 1. The molecule has 0 aliphatic rings. The first-order valence-corrected chi connectivity index (χ1v) is 5.59. The predicted molar refractivity (Wildman–Crippen MR) is 72.8 cm³/mol. The van der Waals surface area contributed by atoms with Gasteiger partial charge >= 0.3 is 0 Å². The molecule has 3 aromatic rings. The fourth-order valence-electron chi connectivity index (χ4n) is 1.74. The number of hydrogen-bond donors (Lipinski definition) is 2. The summed E-state index contributed by atoms with van der Waals surface area (Å²) in [4.78, 5) is 15.9. The van der Waals surface area contributed by atoms with E-state index in [0.717, 1.165) is 11.3 Å². The molecule has 3 aromatic heterocycles. The third-order valence-corrected chi connectivity index (χ3v) is 2.54. The molecule has 0 aliphatic carbocycles. The van der Waals surface area contributed by atoms with Crippen LogP contribution in [-0.2, 0) is 0 Å². The van der Waals surface area contributed by atoms with Crippen molar-refractivity contribution in [2.75, 3.05) is 11.5 Å². The van der Waals surface area contributed by atoms with Gasteiger partial charge in [0.2, 0.25) is 11.9 Å². The Kier molecular flexibility index (Phi) is 2.57. The van der Waals surface area contributed by atoms with Crippen molar-refractivity contribution in [3.8, 4) is 0 Å². The summed E-state index contributed by atoms with van der Waals surface area (Å²) in [5.41, 5.74) is 12.8. The van der Waals surface area contributed by atoms with E-state index >= 15 is 0 Å². The van der Waals surface area contributed by atoms with Gasteiger partial charge in [-0.05, 0) is 24.3 Å². The van der Waals surface area contributed by atoms with Gasteiger partial charge in [-0.25, -0.2) is 4.98 Å². The maximum atomic E-state index is 5.51. The van der Waals surface area contributed by atoms with Crippen LogP contribution in [0.1, 0.15) is 11.5 Å². The molecule has 7 heteroatoms. The van der Waals surface area contributed by atoms with E-state index in [9.17, 15) is 0 Å². The van der Waals surface area contributed by atoms with Crippen LogP contribution in [-0.4, -0.2) is 24.3 Å². The molecule has 0 saturated heterocycles. The van der Waals surface area contributed by atoms with E-state index in [2.05, 4.69) is 19.9 Å². The second kappa shape index (κ2) is 4.37. The summed E-state index contributed by atoms with van der Waals surface area (Å²) in [5, 5.41) is 0. The zero-order valence-electron chi connectivity index (χ0n) is 9.93. The smallest absolute Gasteiger partial charge is 0.225 e. The van der Waals surface area contributed by atoms with E-state index in [-0.39, 0.29) is 11.9 Å². The molecule has 0 radical (unpaired) electrons. The fourth-order valence-corrected chi connectivity index (χ4v) is 1.74. The first-order chi connectivity index (χ1) is 9.22. The van der Waals surface area contributed by atoms with Gasteiger partial charge < -0.3 is 15.9 Å². The molecule has 19 heavy (non-hydrogen) atoms. The SMILES string of the molecule is Nc1nc(N)nc(C=Cc2cnc3ccccn23)n1. The van der Waals surface area contributed by atoms with Crippen molar-refractivity contribution in [1.29, 1.82) is 0 Å². The van der Waals surface area contributed by atoms with E-state index in [4.69, 9.17) is 11.5 Å². The Labute approximate surface area is 108 Å². The molecule has 0 aliphatic heterocycles. The number of anilines is 2. The summed E-state index contributed by atoms with van der Waals surface area (Å²) in [6.07, 6.45) is 7.25. The minimum absolute atomic E-state index is 0.102. The van der Waals surface area contributed by atoms with Crippen LogP contribution in [0.15, 0.2) is 30.6 Å². The number of imidazole rings is 1. The first kappa shape index (κ1) is 11.1. The van der Waals surface area contributed by atoms with Crippen molar-refractivity contribution in [2.24, 2.45) is 0 Å². The molecule has 3 heterocycles. The fraction of sp³-hybridized carbons (Fsp3) is 0. The highest BCUT2D eigenvalue weighted by Crippen LogP contribution is 2.09. The molecule has 0 amide bonds. The molecular weight excluding hydrogens is 242 g/mol. The number of nitrogen functional groups attached to an aromatic ring is 2. The molecule has 0 aromatic carbocycles. The van der Waals surface area contributed by atoms with Gasteiger partial charge in [0.15, 0.2) is 5.82 Å². The van der Waals surface area contributed by atoms with Gasteiger partial charge in [-0.15, -0.1) is 0 Å². The van der Waals surface area contributed by atoms with Gasteiger partial charge in [-0.2, -0.15) is 15.0 Å². The molecular formula is C12H11N7. The largest absolute Gasteiger partial charge is 0.368 e. The summed E-state index contributed by atoms with van der Waals surface area (Å²) >= 11 is 0. The number of rotatable bonds is 2. The number of aromatic nitrogens is 5. The normalized spacial score (nSPS) is 11.4. The van der Waals surface area contributed by atoms with Crippen molar-refractivity contribution in [3.63, 3.8) is 0 Å². The lowest BCUT2D eigenvalue weighted by atomic mass is 10.4. The van der Waals surface area contributed by atoms with E-state index in [1.807, 2.05) is 34.9 Å². The Morgan fingerprint density at radius 2 is 1.79 bits per heavy atom. The van der Waals surface area contributed by atoms with Gasteiger partial charge in [-0.3, -0.25) is 0 Å². The van der Waals surface area contributed by atoms with Crippen LogP contribution in [0, 0.1) is 0 Å². The summed E-state index contributed by atoms with van der Waals surface area (Å²) in [5.74, 6) is 0.617. The minimum atomic E-state index is 0.102. The summed E-state index contributed by atoms with van der Waals surface area (Å²) in [7, 11) is 0. The zero-order valence-corrected chi connectivity index (χ0v) is 9.93. The van der Waals surface area contributed by atoms with Gasteiger partial charge in [0, 0.05) is 6.20 Å². The predicted octanol–water partition coefficient (Wildman–Crippen LogP) is 0.854. The minimum Gasteiger partial charge on any atom is -0.368 e. The van der Waals surface area contributed by atoms with E-state index in [0.29, 0.717) is 5.82 Å². The average Bonchev–Trinajstić information content (AvgIpc) is 2.78. The van der Waals surface area contributed by atoms with Crippen LogP contribution in [0.5, 0.6) is 0 Å². The van der Waals surface area contributed by atoms with Gasteiger partial charge in [0.05, 0.1) is 11.9 Å². The number of nitrogens with zero attached hydrogens (tertiary/aromatic N) is 5. The molecule has 3 rings (SSSR count). The van der Waals surface area contributed by atoms with Crippen LogP contribution in [0.3, 0.4) is 0 Å².